The third-order valence-corrected chi connectivity index (χ3v) is 18.6. The smallest absolute Gasteiger partial charge is 0.252 e. The quantitative estimate of drug-likeness (QED) is 0.160. The molecule has 3 aliphatic rings. The van der Waals surface area contributed by atoms with Gasteiger partial charge in [-0.3, -0.25) is 0 Å². The summed E-state index contributed by atoms with van der Waals surface area (Å²) in [5, 5.41) is 5.12. The van der Waals surface area contributed by atoms with Gasteiger partial charge in [-0.15, -0.1) is 0 Å². The Kier molecular flexibility index (Phi) is 11.7. The Morgan fingerprint density at radius 1 is 0.357 bits per heavy atom. The Labute approximate surface area is 499 Å². The molecule has 14 rings (SSSR count). The van der Waals surface area contributed by atoms with Crippen molar-refractivity contribution >= 4 is 107 Å². The molecule has 0 unspecified atom stereocenters. The molecule has 0 bridgehead atoms. The van der Waals surface area contributed by atoms with E-state index >= 15 is 0 Å². The van der Waals surface area contributed by atoms with Crippen molar-refractivity contribution in [3.8, 4) is 16.8 Å². The van der Waals surface area contributed by atoms with Crippen LogP contribution in [0.3, 0.4) is 0 Å². The topological polar surface area (TPSA) is 14.7 Å². The van der Waals surface area contributed by atoms with Crippen LogP contribution in [-0.4, -0.2) is 11.3 Å². The second-order valence-corrected chi connectivity index (χ2v) is 29.7. The maximum Gasteiger partial charge on any atom is 0.252 e. The van der Waals surface area contributed by atoms with Crippen molar-refractivity contribution in [2.75, 3.05) is 14.7 Å². The Hall–Kier alpha value is -8.28. The normalized spacial score (nSPS) is 13.9. The maximum atomic E-state index is 2.70. The largest absolute Gasteiger partial charge is 0.311 e. The first kappa shape index (κ1) is 53.7. The number of hydrogen-bond donors (Lipinski definition) is 0. The van der Waals surface area contributed by atoms with Crippen molar-refractivity contribution in [3.63, 3.8) is 0 Å². The van der Waals surface area contributed by atoms with E-state index in [9.17, 15) is 0 Å². The fraction of sp³-hybridized carbons (Fsp3) is 0.266. The van der Waals surface area contributed by atoms with Crippen LogP contribution in [0.1, 0.15) is 137 Å². The van der Waals surface area contributed by atoms with Crippen LogP contribution in [0.5, 0.6) is 0 Å². The molecule has 0 spiro atoms. The van der Waals surface area contributed by atoms with E-state index in [-0.39, 0.29) is 33.8 Å². The molecule has 4 heterocycles. The lowest BCUT2D eigenvalue weighted by Gasteiger charge is -2.47. The molecular weight excluding hydrogens is 1020 g/mol. The van der Waals surface area contributed by atoms with E-state index in [1.807, 2.05) is 0 Å². The molecule has 4 nitrogen and oxygen atoms in total. The molecule has 0 N–H and O–H groups in total. The zero-order valence-electron chi connectivity index (χ0n) is 52.3. The van der Waals surface area contributed by atoms with E-state index in [1.54, 1.807) is 0 Å². The lowest BCUT2D eigenvalue weighted by Crippen LogP contribution is -2.62. The predicted molar refractivity (Wildman–Crippen MR) is 364 cm³/mol. The Morgan fingerprint density at radius 3 is 1.49 bits per heavy atom. The number of hydrogen-bond acceptors (Lipinski definition) is 3. The standard InChI is InChI=1S/C79H79BN4/c1-48-39-68-72-69(40-48)84-70-45-56(78(11,12)13)43-63-62-42-55(77(8,9)10)29-38-66(62)83(73(63)70)71-46-57(79(14,15)16)44-65(74(71)84)80(72)64-37-36-61(81(58-32-25-53(26-33-58)75(2,3)4)59-34-27-54(28-35-59)76(5,6)7)47-67(64)82(68)60-30-23-50(24-31-60)52-22-21-49-19-17-18-20-51(49)41-52/h17-47H,1-16H3. The van der Waals surface area contributed by atoms with Gasteiger partial charge in [-0.2, -0.15) is 0 Å². The highest BCUT2D eigenvalue weighted by Gasteiger charge is 2.47. The van der Waals surface area contributed by atoms with Gasteiger partial charge in [-0.05, 0) is 203 Å². The third-order valence-electron chi connectivity index (χ3n) is 18.6. The molecule has 0 radical (unpaired) electrons. The summed E-state index contributed by atoms with van der Waals surface area (Å²) in [5.74, 6) is 0. The average molecular weight is 1100 g/mol. The summed E-state index contributed by atoms with van der Waals surface area (Å²) in [5.41, 5.74) is 28.5. The first-order valence-corrected chi connectivity index (χ1v) is 30.5. The van der Waals surface area contributed by atoms with Gasteiger partial charge in [-0.1, -0.05) is 195 Å². The van der Waals surface area contributed by atoms with Crippen LogP contribution in [0.15, 0.2) is 188 Å². The molecule has 0 amide bonds. The number of benzene rings is 10. The Balaban J connectivity index is 1.07. The molecule has 11 aromatic rings. The summed E-state index contributed by atoms with van der Waals surface area (Å²) < 4.78 is 2.65. The van der Waals surface area contributed by atoms with Crippen LogP contribution in [-0.2, 0) is 27.1 Å². The van der Waals surface area contributed by atoms with Crippen LogP contribution in [0, 0.1) is 6.92 Å². The van der Waals surface area contributed by atoms with E-state index in [2.05, 4.69) is 318 Å². The molecule has 84 heavy (non-hydrogen) atoms. The van der Waals surface area contributed by atoms with Gasteiger partial charge in [0.2, 0.25) is 0 Å². The van der Waals surface area contributed by atoms with Gasteiger partial charge in [0.15, 0.2) is 0 Å². The lowest BCUT2D eigenvalue weighted by atomic mass is 9.33. The van der Waals surface area contributed by atoms with Gasteiger partial charge in [0.05, 0.1) is 28.1 Å². The molecule has 0 saturated heterocycles. The number of aryl methyl sites for hydroxylation is 1. The second kappa shape index (κ2) is 18.4. The van der Waals surface area contributed by atoms with Gasteiger partial charge in [0, 0.05) is 50.6 Å². The summed E-state index contributed by atoms with van der Waals surface area (Å²) in [4.78, 5) is 7.77. The molecule has 0 atom stereocenters. The average Bonchev–Trinajstić information content (AvgIpc) is 1.39. The number of nitrogens with zero attached hydrogens (tertiary/aromatic N) is 4. The van der Waals surface area contributed by atoms with Crippen LogP contribution < -0.4 is 31.1 Å². The minimum atomic E-state index is -0.143. The summed E-state index contributed by atoms with van der Waals surface area (Å²) in [6, 6.07) is 73.3. The van der Waals surface area contributed by atoms with Crippen LogP contribution >= 0.6 is 0 Å². The van der Waals surface area contributed by atoms with E-state index in [0.717, 1.165) is 22.7 Å². The summed E-state index contributed by atoms with van der Waals surface area (Å²) in [7, 11) is 0. The number of aromatic nitrogens is 1. The molecule has 0 fully saturated rings. The molecule has 5 heteroatoms. The van der Waals surface area contributed by atoms with E-state index in [4.69, 9.17) is 0 Å². The van der Waals surface area contributed by atoms with E-state index in [1.165, 1.54) is 128 Å². The van der Waals surface area contributed by atoms with Crippen molar-refractivity contribution in [3.05, 3.63) is 221 Å². The molecule has 10 aromatic carbocycles. The predicted octanol–water partition coefficient (Wildman–Crippen LogP) is 20.3. The van der Waals surface area contributed by atoms with Gasteiger partial charge in [0.1, 0.15) is 0 Å². The number of rotatable bonds is 5. The van der Waals surface area contributed by atoms with Crippen LogP contribution in [0.4, 0.5) is 51.2 Å². The Bertz CT molecular complexity index is 4450. The lowest BCUT2D eigenvalue weighted by molar-refractivity contribution is 0.590. The van der Waals surface area contributed by atoms with Gasteiger partial charge in [-0.25, -0.2) is 0 Å². The fourth-order valence-corrected chi connectivity index (χ4v) is 13.8. The number of anilines is 9. The SMILES string of the molecule is Cc1cc2c3c(c1)N1c4c(cc(C(C)(C)C)cc4-n4c5ccc(C(C)(C)C)cc5c5cc(C(C)(C)C)cc1c54)B3c1ccc(N(c3ccc(C(C)(C)C)cc3)c3ccc(C(C)(C)C)cc3)cc1N2c1ccc(-c2ccc3ccccc3c2)cc1. The molecule has 0 aliphatic carbocycles. The second-order valence-electron chi connectivity index (χ2n) is 29.7. The molecular formula is C79H79BN4. The maximum absolute atomic E-state index is 2.70. The van der Waals surface area contributed by atoms with Gasteiger partial charge >= 0.3 is 0 Å². The zero-order chi connectivity index (χ0) is 58.9. The van der Waals surface area contributed by atoms with Gasteiger partial charge in [0.25, 0.3) is 6.71 Å². The van der Waals surface area contributed by atoms with Crippen LogP contribution in [0.25, 0.3) is 49.4 Å². The zero-order valence-corrected chi connectivity index (χ0v) is 52.3. The van der Waals surface area contributed by atoms with Crippen molar-refractivity contribution in [1.82, 2.24) is 4.57 Å². The first-order chi connectivity index (χ1) is 39.7. The molecule has 1 aromatic heterocycles. The highest BCUT2D eigenvalue weighted by Crippen LogP contribution is 2.55. The number of fused-ring (bicyclic) bond motifs is 10. The first-order valence-electron chi connectivity index (χ1n) is 30.5. The highest BCUT2D eigenvalue weighted by atomic mass is 15.2. The minimum Gasteiger partial charge on any atom is -0.311 e. The minimum absolute atomic E-state index is 0.0112. The van der Waals surface area contributed by atoms with E-state index < -0.39 is 0 Å². The Morgan fingerprint density at radius 2 is 0.881 bits per heavy atom. The summed E-state index contributed by atoms with van der Waals surface area (Å²) in [6.45, 7) is 37.3. The van der Waals surface area contributed by atoms with Crippen LogP contribution in [0.2, 0.25) is 0 Å². The fourth-order valence-electron chi connectivity index (χ4n) is 13.8. The van der Waals surface area contributed by atoms with Crippen molar-refractivity contribution in [1.29, 1.82) is 0 Å². The van der Waals surface area contributed by atoms with Crippen molar-refractivity contribution in [2.45, 2.75) is 138 Å². The molecule has 3 aliphatic heterocycles. The summed E-state index contributed by atoms with van der Waals surface area (Å²) in [6.07, 6.45) is 0. The van der Waals surface area contributed by atoms with E-state index in [0.29, 0.717) is 0 Å². The highest BCUT2D eigenvalue weighted by molar-refractivity contribution is 7.00. The molecule has 418 valence electrons. The van der Waals surface area contributed by atoms with Crippen molar-refractivity contribution in [2.24, 2.45) is 0 Å². The van der Waals surface area contributed by atoms with Gasteiger partial charge < -0.3 is 19.3 Å². The monoisotopic (exact) mass is 1090 g/mol. The summed E-state index contributed by atoms with van der Waals surface area (Å²) >= 11 is 0. The molecule has 0 saturated carbocycles. The van der Waals surface area contributed by atoms with Crippen molar-refractivity contribution < 1.29 is 0 Å². The third kappa shape index (κ3) is 8.54.